The molecule has 30 heavy (non-hydrogen) atoms. The van der Waals surface area contributed by atoms with E-state index >= 15 is 0 Å². The summed E-state index contributed by atoms with van der Waals surface area (Å²) in [4.78, 5) is 21.1. The Bertz CT molecular complexity index is 1180. The summed E-state index contributed by atoms with van der Waals surface area (Å²) in [6, 6.07) is 24.9. The maximum atomic E-state index is 8.12. The molecule has 0 N–H and O–H groups in total. The van der Waals surface area contributed by atoms with Gasteiger partial charge in [-0.05, 0) is 29.3 Å². The quantitative estimate of drug-likeness (QED) is 0.452. The van der Waals surface area contributed by atoms with Crippen LogP contribution in [0.3, 0.4) is 0 Å². The monoisotopic (exact) mass is 415 g/mol. The molecule has 0 amide bonds. The van der Waals surface area contributed by atoms with Gasteiger partial charge in [0.2, 0.25) is 0 Å². The van der Waals surface area contributed by atoms with Crippen LogP contribution in [0, 0.1) is 0 Å². The fourth-order valence-electron chi connectivity index (χ4n) is 3.26. The van der Waals surface area contributed by atoms with Gasteiger partial charge < -0.3 is 9.47 Å². The molecule has 1 aliphatic heterocycles. The van der Waals surface area contributed by atoms with Crippen LogP contribution in [0.5, 0.6) is 11.5 Å². The number of nitrogens with zero attached hydrogens (tertiary/aromatic N) is 1. The summed E-state index contributed by atoms with van der Waals surface area (Å²) in [6.07, 6.45) is 0.250. The maximum Gasteiger partial charge on any atom is 0.373 e. The molecule has 0 spiro atoms. The fourth-order valence-corrected chi connectivity index (χ4v) is 4.11. The lowest BCUT2D eigenvalue weighted by Gasteiger charge is -2.20. The van der Waals surface area contributed by atoms with Crippen molar-refractivity contribution >= 4 is 17.5 Å². The zero-order valence-electron chi connectivity index (χ0n) is 15.9. The Morgan fingerprint density at radius 1 is 0.800 bits per heavy atom. The van der Waals surface area contributed by atoms with Crippen molar-refractivity contribution in [2.45, 2.75) is 0 Å². The van der Waals surface area contributed by atoms with E-state index in [0.717, 1.165) is 33.3 Å². The summed E-state index contributed by atoms with van der Waals surface area (Å²) < 4.78 is 11.5. The first-order valence-electron chi connectivity index (χ1n) is 9.30. The smallest absolute Gasteiger partial charge is 0.373 e. The minimum atomic E-state index is 0.250. The molecule has 3 aromatic carbocycles. The molecule has 0 unspecified atom stereocenters. The van der Waals surface area contributed by atoms with E-state index < -0.39 is 0 Å². The Morgan fingerprint density at radius 3 is 2.33 bits per heavy atom. The highest BCUT2D eigenvalue weighted by molar-refractivity contribution is 7.13. The second kappa shape index (κ2) is 9.18. The van der Waals surface area contributed by atoms with Gasteiger partial charge in [0.25, 0.3) is 0 Å². The van der Waals surface area contributed by atoms with Crippen molar-refractivity contribution in [2.75, 3.05) is 13.2 Å². The van der Waals surface area contributed by atoms with Crippen molar-refractivity contribution in [1.29, 1.82) is 0 Å². The van der Waals surface area contributed by atoms with Crippen molar-refractivity contribution in [3.8, 4) is 44.5 Å². The van der Waals surface area contributed by atoms with Crippen LogP contribution in [0.1, 0.15) is 0 Å². The molecule has 5 nitrogen and oxygen atoms in total. The summed E-state index contributed by atoms with van der Waals surface area (Å²) >= 11 is 1.63. The highest BCUT2D eigenvalue weighted by atomic mass is 32.1. The molecule has 0 saturated heterocycles. The predicted octanol–water partition coefficient (Wildman–Crippen LogP) is 5.33. The summed E-state index contributed by atoms with van der Waals surface area (Å²) in [7, 11) is 0. The highest BCUT2D eigenvalue weighted by Gasteiger charge is 2.19. The van der Waals surface area contributed by atoms with E-state index in [4.69, 9.17) is 24.0 Å². The number of para-hydroxylation sites is 1. The molecular formula is C24H17NO4S. The third-order valence-corrected chi connectivity index (χ3v) is 5.44. The van der Waals surface area contributed by atoms with Crippen molar-refractivity contribution in [1.82, 2.24) is 4.98 Å². The molecule has 1 aliphatic rings. The Morgan fingerprint density at radius 2 is 1.50 bits per heavy atom. The molecular weight excluding hydrogens is 398 g/mol. The van der Waals surface area contributed by atoms with E-state index in [1.54, 1.807) is 11.3 Å². The molecule has 0 atom stereocenters. The van der Waals surface area contributed by atoms with Gasteiger partial charge in [-0.3, -0.25) is 0 Å². The van der Waals surface area contributed by atoms with Crippen LogP contribution < -0.4 is 9.47 Å². The number of rotatable bonds is 3. The van der Waals surface area contributed by atoms with Crippen molar-refractivity contribution in [3.63, 3.8) is 0 Å². The van der Waals surface area contributed by atoms with Crippen LogP contribution >= 0.6 is 11.3 Å². The molecule has 0 fully saturated rings. The summed E-state index contributed by atoms with van der Waals surface area (Å²) in [6.45, 7) is 1.16. The zero-order valence-corrected chi connectivity index (χ0v) is 16.7. The van der Waals surface area contributed by atoms with Crippen LogP contribution in [0.25, 0.3) is 33.0 Å². The van der Waals surface area contributed by atoms with Gasteiger partial charge in [0.1, 0.15) is 18.2 Å². The molecule has 6 heteroatoms. The third-order valence-electron chi connectivity index (χ3n) is 4.57. The predicted molar refractivity (Wildman–Crippen MR) is 114 cm³/mol. The van der Waals surface area contributed by atoms with E-state index in [9.17, 15) is 0 Å². The lowest BCUT2D eigenvalue weighted by atomic mass is 10.0. The van der Waals surface area contributed by atoms with Gasteiger partial charge >= 0.3 is 6.15 Å². The van der Waals surface area contributed by atoms with Gasteiger partial charge in [-0.1, -0.05) is 54.6 Å². The summed E-state index contributed by atoms with van der Waals surface area (Å²) in [5.74, 6) is 1.59. The van der Waals surface area contributed by atoms with Crippen LogP contribution in [0.4, 0.5) is 0 Å². The number of hydrogen-bond acceptors (Lipinski definition) is 6. The zero-order chi connectivity index (χ0) is 20.8. The average molecular weight is 415 g/mol. The van der Waals surface area contributed by atoms with E-state index in [0.29, 0.717) is 13.2 Å². The normalized spacial score (nSPS) is 11.7. The number of hydrogen-bond donors (Lipinski definition) is 0. The Kier molecular flexibility index (Phi) is 5.99. The number of fused-ring (bicyclic) bond motifs is 1. The summed E-state index contributed by atoms with van der Waals surface area (Å²) in [5.41, 5.74) is 5.47. The maximum absolute atomic E-state index is 8.12. The van der Waals surface area contributed by atoms with Gasteiger partial charge in [0, 0.05) is 10.9 Å². The minimum absolute atomic E-state index is 0.250. The van der Waals surface area contributed by atoms with E-state index in [1.165, 1.54) is 11.1 Å². The van der Waals surface area contributed by atoms with E-state index in [1.807, 2.05) is 24.3 Å². The number of thiazole rings is 1. The van der Waals surface area contributed by atoms with Crippen LogP contribution in [0.15, 0.2) is 78.2 Å². The molecule has 0 aliphatic carbocycles. The average Bonchev–Trinajstić information content (AvgIpc) is 3.30. The van der Waals surface area contributed by atoms with Crippen molar-refractivity contribution in [2.24, 2.45) is 0 Å². The van der Waals surface area contributed by atoms with Gasteiger partial charge in [-0.2, -0.15) is 9.59 Å². The SMILES string of the molecule is O=C=O.c1ccc(-c2cccc(-c3csc(-c4cccc5c4OCCO5)n3)c2)cc1. The molecule has 5 rings (SSSR count). The van der Waals surface area contributed by atoms with E-state index in [-0.39, 0.29) is 6.15 Å². The Balaban J connectivity index is 0.000000687. The van der Waals surface area contributed by atoms with Crippen LogP contribution in [-0.4, -0.2) is 24.3 Å². The Hall–Kier alpha value is -3.73. The third kappa shape index (κ3) is 4.15. The molecule has 1 aromatic heterocycles. The van der Waals surface area contributed by atoms with Gasteiger partial charge in [-0.25, -0.2) is 4.98 Å². The number of carbonyl (C=O) groups excluding carboxylic acids is 2. The highest BCUT2D eigenvalue weighted by Crippen LogP contribution is 2.41. The van der Waals surface area contributed by atoms with E-state index in [2.05, 4.69) is 53.9 Å². The first-order valence-corrected chi connectivity index (χ1v) is 10.2. The summed E-state index contributed by atoms with van der Waals surface area (Å²) in [5, 5.41) is 3.04. The van der Waals surface area contributed by atoms with Crippen molar-refractivity contribution < 1.29 is 19.1 Å². The second-order valence-electron chi connectivity index (χ2n) is 6.40. The van der Waals surface area contributed by atoms with Gasteiger partial charge in [0.05, 0.1) is 11.3 Å². The largest absolute Gasteiger partial charge is 0.486 e. The molecule has 2 heterocycles. The standard InChI is InChI=1S/C23H17NO2S.CO2/c1-2-6-16(7-3-1)17-8-4-9-18(14-17)20-15-27-23(24-20)19-10-5-11-21-22(19)26-13-12-25-21;2-1-3/h1-11,14-15H,12-13H2;. The molecule has 0 saturated carbocycles. The number of ether oxygens (including phenoxy) is 2. The fraction of sp³-hybridized carbons (Fsp3) is 0.0833. The molecule has 4 aromatic rings. The first kappa shape index (κ1) is 19.6. The number of benzene rings is 3. The topological polar surface area (TPSA) is 65.5 Å². The molecule has 0 bridgehead atoms. The molecule has 148 valence electrons. The lowest BCUT2D eigenvalue weighted by molar-refractivity contribution is -0.191. The minimum Gasteiger partial charge on any atom is -0.486 e. The van der Waals surface area contributed by atoms with Crippen molar-refractivity contribution in [3.05, 3.63) is 78.2 Å². The van der Waals surface area contributed by atoms with Gasteiger partial charge in [-0.15, -0.1) is 11.3 Å². The Labute approximate surface area is 177 Å². The first-order chi connectivity index (χ1) is 14.8. The second-order valence-corrected chi connectivity index (χ2v) is 7.26. The lowest BCUT2D eigenvalue weighted by Crippen LogP contribution is -2.15. The molecule has 0 radical (unpaired) electrons. The number of aromatic nitrogens is 1. The van der Waals surface area contributed by atoms with Gasteiger partial charge in [0.15, 0.2) is 11.5 Å². The van der Waals surface area contributed by atoms with Crippen LogP contribution in [0.2, 0.25) is 0 Å². The van der Waals surface area contributed by atoms with Crippen LogP contribution in [-0.2, 0) is 9.59 Å².